The summed E-state index contributed by atoms with van der Waals surface area (Å²) in [6.07, 6.45) is 1.08. The predicted octanol–water partition coefficient (Wildman–Crippen LogP) is -0.631. The molecule has 0 aromatic rings. The molecule has 0 fully saturated rings. The van der Waals surface area contributed by atoms with Gasteiger partial charge < -0.3 is 102 Å². The van der Waals surface area contributed by atoms with Crippen LogP contribution in [-0.2, 0) is 16.5 Å². The summed E-state index contributed by atoms with van der Waals surface area (Å²) < 4.78 is 24.6. The maximum Gasteiger partial charge on any atom is 0.649 e. The lowest BCUT2D eigenvalue weighted by atomic mass is 10.4. The van der Waals surface area contributed by atoms with Crippen molar-refractivity contribution in [3.05, 3.63) is 29.7 Å². The molecule has 0 saturated heterocycles. The van der Waals surface area contributed by atoms with Crippen LogP contribution in [0.2, 0.25) is 24.2 Å². The summed E-state index contributed by atoms with van der Waals surface area (Å²) in [7, 11) is -1.88. The van der Waals surface area contributed by atoms with Crippen molar-refractivity contribution in [2.75, 3.05) is 111 Å². The van der Waals surface area contributed by atoms with Gasteiger partial charge in [0.15, 0.2) is 0 Å². The number of hydrogen-bond acceptors (Lipinski definition) is 12. The third-order valence-corrected chi connectivity index (χ3v) is 19.7. The maximum absolute atomic E-state index is 11.1. The molecule has 304 valence electrons. The van der Waals surface area contributed by atoms with Crippen molar-refractivity contribution in [3.63, 3.8) is 0 Å². The average molecular weight is 805 g/mol. The standard InChI is InChI=1S/C24H68N4O12Si5.4CH3/c1-25(2,3)17-13-21-41(29,30)37-45(38-42(31,32)22-14-18-26(4,5)6,39-43(33,34)23-15-19-27(7,8)9)40-44(35,36)24-16-20-28(10,11)12;;;;/h29-36H,13-24H2,1-12H3;4*1H3/q+4;4*-1. The zero-order chi connectivity index (χ0) is 35.8. The van der Waals surface area contributed by atoms with Gasteiger partial charge in [-0.3, -0.25) is 0 Å². The smallest absolute Gasteiger partial charge is 0.390 e. The van der Waals surface area contributed by atoms with Gasteiger partial charge >= 0.3 is 44.3 Å². The van der Waals surface area contributed by atoms with Crippen LogP contribution in [0.4, 0.5) is 0 Å². The number of rotatable bonds is 24. The molecule has 0 saturated carbocycles. The number of hydrogen-bond donors (Lipinski definition) is 8. The van der Waals surface area contributed by atoms with E-state index in [9.17, 15) is 38.4 Å². The summed E-state index contributed by atoms with van der Waals surface area (Å²) in [5, 5.41) is 0. The molecule has 21 heteroatoms. The number of nitrogens with zero attached hydrogens (tertiary/aromatic N) is 4. The van der Waals surface area contributed by atoms with E-state index >= 15 is 0 Å². The van der Waals surface area contributed by atoms with Crippen LogP contribution in [0.25, 0.3) is 0 Å². The van der Waals surface area contributed by atoms with Crippen LogP contribution in [-0.4, -0.2) is 211 Å². The van der Waals surface area contributed by atoms with Gasteiger partial charge in [-0.1, -0.05) is 0 Å². The summed E-state index contributed by atoms with van der Waals surface area (Å²) in [5.41, 5.74) is 0. The Morgan fingerprint density at radius 1 is 0.327 bits per heavy atom. The van der Waals surface area contributed by atoms with Gasteiger partial charge in [-0.25, -0.2) is 0 Å². The minimum atomic E-state index is -5.49. The van der Waals surface area contributed by atoms with Gasteiger partial charge in [0, 0.05) is 49.9 Å². The lowest BCUT2D eigenvalue weighted by Gasteiger charge is -2.40. The van der Waals surface area contributed by atoms with E-state index < -0.39 is 44.3 Å². The molecule has 0 radical (unpaired) electrons. The largest absolute Gasteiger partial charge is 0.649 e. The van der Waals surface area contributed by atoms with Crippen LogP contribution in [0.15, 0.2) is 0 Å². The first-order valence-corrected chi connectivity index (χ1v) is 25.1. The van der Waals surface area contributed by atoms with Gasteiger partial charge in [0.2, 0.25) is 0 Å². The molecule has 0 heterocycles. The van der Waals surface area contributed by atoms with Crippen molar-refractivity contribution in [1.29, 1.82) is 0 Å². The Kier molecular flexibility index (Phi) is 26.3. The van der Waals surface area contributed by atoms with Crippen LogP contribution in [0.5, 0.6) is 0 Å². The first-order chi connectivity index (χ1) is 19.7. The second-order valence-electron chi connectivity index (χ2n) is 16.4. The van der Waals surface area contributed by atoms with Crippen LogP contribution in [0.1, 0.15) is 25.7 Å². The van der Waals surface area contributed by atoms with Crippen molar-refractivity contribution >= 4 is 44.3 Å². The molecule has 16 nitrogen and oxygen atoms in total. The lowest BCUT2D eigenvalue weighted by molar-refractivity contribution is -0.870. The molecule has 0 aliphatic rings. The monoisotopic (exact) mass is 804 g/mol. The van der Waals surface area contributed by atoms with E-state index in [4.69, 9.17) is 16.5 Å². The third kappa shape index (κ3) is 32.8. The van der Waals surface area contributed by atoms with Crippen molar-refractivity contribution in [2.24, 2.45) is 0 Å². The van der Waals surface area contributed by atoms with Crippen molar-refractivity contribution in [3.8, 4) is 0 Å². The Hall–Kier alpha value is 0.444. The lowest BCUT2D eigenvalue weighted by Crippen LogP contribution is -2.70. The fraction of sp³-hybridized carbons (Fsp3) is 0.857. The van der Waals surface area contributed by atoms with E-state index in [1.54, 1.807) is 0 Å². The van der Waals surface area contributed by atoms with Crippen LogP contribution < -0.4 is 0 Å². The Balaban J connectivity index is -0.00000161. The normalized spacial score (nSPS) is 14.0. The first kappa shape index (κ1) is 58.7. The van der Waals surface area contributed by atoms with Gasteiger partial charge in [0.1, 0.15) is 0 Å². The number of quaternary nitrogens is 4. The summed E-state index contributed by atoms with van der Waals surface area (Å²) in [5.74, 6) is 0. The minimum absolute atomic E-state index is 0. The molecular weight excluding hydrogens is 725 g/mol. The fourth-order valence-corrected chi connectivity index (χ4v) is 18.0. The first-order valence-electron chi connectivity index (χ1n) is 15.5. The highest BCUT2D eigenvalue weighted by Crippen LogP contribution is 2.30. The van der Waals surface area contributed by atoms with E-state index in [0.29, 0.717) is 44.1 Å². The van der Waals surface area contributed by atoms with E-state index in [1.165, 1.54) is 0 Å². The topological polar surface area (TPSA) is 199 Å². The highest BCUT2D eigenvalue weighted by atomic mass is 28.6. The minimum Gasteiger partial charge on any atom is -0.390 e. The molecule has 0 amide bonds. The Morgan fingerprint density at radius 2 is 0.469 bits per heavy atom. The second-order valence-corrected chi connectivity index (χ2v) is 28.6. The zero-order valence-electron chi connectivity index (χ0n) is 34.0. The van der Waals surface area contributed by atoms with Crippen molar-refractivity contribution in [2.45, 2.75) is 49.9 Å². The molecule has 0 spiro atoms. The van der Waals surface area contributed by atoms with E-state index in [0.717, 1.165) is 0 Å². The molecule has 0 aromatic heterocycles. The Labute approximate surface area is 306 Å². The molecule has 0 bridgehead atoms. The predicted molar refractivity (Wildman–Crippen MR) is 206 cm³/mol. The molecule has 8 N–H and O–H groups in total. The van der Waals surface area contributed by atoms with Crippen LogP contribution in [0, 0.1) is 29.7 Å². The fourth-order valence-electron chi connectivity index (χ4n) is 4.26. The molecule has 0 rings (SSSR count). The highest BCUT2D eigenvalue weighted by Gasteiger charge is 2.65. The highest BCUT2D eigenvalue weighted by molar-refractivity contribution is 6.84. The van der Waals surface area contributed by atoms with Gasteiger partial charge in [-0.15, -0.1) is 0 Å². The van der Waals surface area contributed by atoms with E-state index in [2.05, 4.69) is 0 Å². The van der Waals surface area contributed by atoms with Gasteiger partial charge in [-0.05, 0) is 0 Å². The quantitative estimate of drug-likeness (QED) is 0.0350. The van der Waals surface area contributed by atoms with E-state index in [-0.39, 0.29) is 79.6 Å². The summed E-state index contributed by atoms with van der Waals surface area (Å²) in [4.78, 5) is 88.8. The summed E-state index contributed by atoms with van der Waals surface area (Å²) in [6.45, 7) is 2.09. The Morgan fingerprint density at radius 3 is 0.592 bits per heavy atom. The van der Waals surface area contributed by atoms with Gasteiger partial charge in [0.25, 0.3) is 0 Å². The van der Waals surface area contributed by atoms with Gasteiger partial charge in [-0.2, -0.15) is 0 Å². The molecule has 0 unspecified atom stereocenters. The molecular formula is C28H80N4O12Si5. The van der Waals surface area contributed by atoms with Gasteiger partial charge in [0.05, 0.1) is 111 Å². The van der Waals surface area contributed by atoms with Crippen LogP contribution >= 0.6 is 0 Å². The maximum atomic E-state index is 11.1. The molecule has 0 aromatic carbocycles. The second kappa shape index (κ2) is 22.0. The Bertz CT molecular complexity index is 738. The SMILES string of the molecule is C[N+](C)(C)CCC[Si](O)(O)O[Si](O[Si](O)(O)CCC[N+](C)(C)C)(O[Si](O)(O)CCC[N+](C)(C)C)O[Si](O)(O)CCC[N+](C)(C)C.[CH3-].[CH3-].[CH3-].[CH3-]. The summed E-state index contributed by atoms with van der Waals surface area (Å²) in [6, 6.07) is -1.17. The molecule has 49 heavy (non-hydrogen) atoms. The zero-order valence-corrected chi connectivity index (χ0v) is 39.0. The van der Waals surface area contributed by atoms with Crippen molar-refractivity contribution in [1.82, 2.24) is 0 Å². The van der Waals surface area contributed by atoms with E-state index in [1.807, 2.05) is 84.6 Å². The van der Waals surface area contributed by atoms with Crippen LogP contribution in [0.3, 0.4) is 0 Å². The average Bonchev–Trinajstić information content (AvgIpc) is 2.66. The third-order valence-electron chi connectivity index (χ3n) is 6.48. The molecule has 0 atom stereocenters. The summed E-state index contributed by atoms with van der Waals surface area (Å²) >= 11 is 0. The van der Waals surface area contributed by atoms with Crippen molar-refractivity contribution < 1.29 is 72.8 Å². The molecule has 0 aliphatic carbocycles. The molecule has 0 aliphatic heterocycles.